The second-order valence-corrected chi connectivity index (χ2v) is 3.37. The molecular formula is C8H20N2. The quantitative estimate of drug-likeness (QED) is 0.639. The van der Waals surface area contributed by atoms with Crippen LogP contribution in [-0.4, -0.2) is 31.1 Å². The van der Waals surface area contributed by atoms with E-state index in [0.29, 0.717) is 12.1 Å². The van der Waals surface area contributed by atoms with Crippen LogP contribution < -0.4 is 5.73 Å². The molecule has 0 aromatic carbocycles. The Kier molecular flexibility index (Phi) is 4.65. The molecule has 2 N–H and O–H groups in total. The average molecular weight is 144 g/mol. The Bertz CT molecular complexity index is 79.3. The van der Waals surface area contributed by atoms with Crippen molar-refractivity contribution in [3.05, 3.63) is 0 Å². The lowest BCUT2D eigenvalue weighted by Crippen LogP contribution is -2.27. The summed E-state index contributed by atoms with van der Waals surface area (Å²) in [4.78, 5) is 2.22. The third kappa shape index (κ3) is 4.77. The number of hydrogen-bond acceptors (Lipinski definition) is 2. The van der Waals surface area contributed by atoms with Gasteiger partial charge in [-0.15, -0.1) is 0 Å². The highest BCUT2D eigenvalue weighted by molar-refractivity contribution is 4.62. The minimum Gasteiger partial charge on any atom is -0.328 e. The monoisotopic (exact) mass is 144 g/mol. The molecule has 0 aliphatic heterocycles. The molecule has 0 saturated heterocycles. The fourth-order valence-corrected chi connectivity index (χ4v) is 0.762. The summed E-state index contributed by atoms with van der Waals surface area (Å²) in [6, 6.07) is 1.01. The first kappa shape index (κ1) is 9.92. The highest BCUT2D eigenvalue weighted by Gasteiger charge is 2.04. The van der Waals surface area contributed by atoms with Crippen molar-refractivity contribution in [3.8, 4) is 0 Å². The van der Waals surface area contributed by atoms with Crippen LogP contribution in [0.3, 0.4) is 0 Å². The number of rotatable bonds is 4. The molecule has 2 nitrogen and oxygen atoms in total. The van der Waals surface area contributed by atoms with Gasteiger partial charge in [-0.3, -0.25) is 0 Å². The van der Waals surface area contributed by atoms with Crippen molar-refractivity contribution < 1.29 is 0 Å². The van der Waals surface area contributed by atoms with Crippen molar-refractivity contribution >= 4 is 0 Å². The van der Waals surface area contributed by atoms with Crippen LogP contribution in [0.4, 0.5) is 0 Å². The van der Waals surface area contributed by atoms with Crippen LogP contribution in [0.5, 0.6) is 0 Å². The molecule has 0 aromatic rings. The molecule has 0 spiro atoms. The summed E-state index contributed by atoms with van der Waals surface area (Å²) in [7, 11) is 4.21. The smallest absolute Gasteiger partial charge is 0.00614 e. The summed E-state index contributed by atoms with van der Waals surface area (Å²) < 4.78 is 0. The van der Waals surface area contributed by atoms with Crippen LogP contribution >= 0.6 is 0 Å². The molecule has 0 saturated carbocycles. The third-order valence-corrected chi connectivity index (χ3v) is 1.92. The molecule has 0 aliphatic carbocycles. The van der Waals surface area contributed by atoms with Crippen molar-refractivity contribution in [1.29, 1.82) is 0 Å². The first-order chi connectivity index (χ1) is 4.54. The van der Waals surface area contributed by atoms with Gasteiger partial charge in [0, 0.05) is 12.1 Å². The summed E-state index contributed by atoms with van der Waals surface area (Å²) >= 11 is 0. The molecule has 2 atom stereocenters. The van der Waals surface area contributed by atoms with Crippen LogP contribution in [0.1, 0.15) is 26.7 Å². The SMILES string of the molecule is C[C@H](CC[C@@H](C)N)N(C)C. The van der Waals surface area contributed by atoms with Crippen molar-refractivity contribution in [2.75, 3.05) is 14.1 Å². The summed E-state index contributed by atoms with van der Waals surface area (Å²) in [5.74, 6) is 0. The van der Waals surface area contributed by atoms with E-state index in [1.165, 1.54) is 6.42 Å². The lowest BCUT2D eigenvalue weighted by atomic mass is 10.1. The van der Waals surface area contributed by atoms with E-state index in [4.69, 9.17) is 5.73 Å². The summed E-state index contributed by atoms with van der Waals surface area (Å²) in [5.41, 5.74) is 5.62. The maximum Gasteiger partial charge on any atom is 0.00614 e. The number of hydrogen-bond donors (Lipinski definition) is 1. The second-order valence-electron chi connectivity index (χ2n) is 3.37. The molecule has 0 amide bonds. The first-order valence-electron chi connectivity index (χ1n) is 3.96. The largest absolute Gasteiger partial charge is 0.328 e. The van der Waals surface area contributed by atoms with Crippen molar-refractivity contribution in [2.45, 2.75) is 38.8 Å². The van der Waals surface area contributed by atoms with E-state index in [1.54, 1.807) is 0 Å². The van der Waals surface area contributed by atoms with Crippen LogP contribution in [0.25, 0.3) is 0 Å². The molecule has 10 heavy (non-hydrogen) atoms. The van der Waals surface area contributed by atoms with E-state index in [-0.39, 0.29) is 0 Å². The second kappa shape index (κ2) is 4.69. The molecule has 0 bridgehead atoms. The van der Waals surface area contributed by atoms with Crippen LogP contribution in [0.2, 0.25) is 0 Å². The maximum absolute atomic E-state index is 5.62. The predicted octanol–water partition coefficient (Wildman–Crippen LogP) is 1.06. The van der Waals surface area contributed by atoms with E-state index >= 15 is 0 Å². The van der Waals surface area contributed by atoms with Crippen LogP contribution in [0.15, 0.2) is 0 Å². The Hall–Kier alpha value is -0.0800. The molecule has 0 aromatic heterocycles. The van der Waals surface area contributed by atoms with Crippen LogP contribution in [-0.2, 0) is 0 Å². The molecule has 0 unspecified atom stereocenters. The first-order valence-corrected chi connectivity index (χ1v) is 3.96. The van der Waals surface area contributed by atoms with Gasteiger partial charge in [0.1, 0.15) is 0 Å². The lowest BCUT2D eigenvalue weighted by molar-refractivity contribution is 0.289. The Balaban J connectivity index is 3.30. The molecule has 0 aliphatic rings. The maximum atomic E-state index is 5.62. The summed E-state index contributed by atoms with van der Waals surface area (Å²) in [6.07, 6.45) is 2.32. The molecule has 0 radical (unpaired) electrons. The van der Waals surface area contributed by atoms with Gasteiger partial charge in [-0.1, -0.05) is 0 Å². The lowest BCUT2D eigenvalue weighted by Gasteiger charge is -2.20. The van der Waals surface area contributed by atoms with E-state index in [9.17, 15) is 0 Å². The number of nitrogens with zero attached hydrogens (tertiary/aromatic N) is 1. The molecule has 2 heteroatoms. The Morgan fingerprint density at radius 2 is 1.70 bits per heavy atom. The van der Waals surface area contributed by atoms with Gasteiger partial charge in [-0.25, -0.2) is 0 Å². The van der Waals surface area contributed by atoms with E-state index < -0.39 is 0 Å². The van der Waals surface area contributed by atoms with Crippen molar-refractivity contribution in [2.24, 2.45) is 5.73 Å². The highest BCUT2D eigenvalue weighted by Crippen LogP contribution is 2.03. The topological polar surface area (TPSA) is 29.3 Å². The van der Waals surface area contributed by atoms with Gasteiger partial charge in [-0.05, 0) is 40.8 Å². The zero-order valence-corrected chi connectivity index (χ0v) is 7.59. The molecule has 0 rings (SSSR count). The normalized spacial score (nSPS) is 17.4. The van der Waals surface area contributed by atoms with Crippen molar-refractivity contribution in [3.63, 3.8) is 0 Å². The predicted molar refractivity (Wildman–Crippen MR) is 46.0 cm³/mol. The standard InChI is InChI=1S/C8H20N2/c1-7(9)5-6-8(2)10(3)4/h7-8H,5-6,9H2,1-4H3/t7-,8-/m1/s1. The zero-order valence-electron chi connectivity index (χ0n) is 7.59. The summed E-state index contributed by atoms with van der Waals surface area (Å²) in [5, 5.41) is 0. The van der Waals surface area contributed by atoms with E-state index in [0.717, 1.165) is 6.42 Å². The molecule has 0 fully saturated rings. The van der Waals surface area contributed by atoms with Gasteiger partial charge in [-0.2, -0.15) is 0 Å². The average Bonchev–Trinajstić information content (AvgIpc) is 1.82. The van der Waals surface area contributed by atoms with Gasteiger partial charge in [0.05, 0.1) is 0 Å². The van der Waals surface area contributed by atoms with E-state index in [1.807, 2.05) is 0 Å². The number of nitrogens with two attached hydrogens (primary N) is 1. The van der Waals surface area contributed by atoms with Gasteiger partial charge in [0.15, 0.2) is 0 Å². The van der Waals surface area contributed by atoms with E-state index in [2.05, 4.69) is 32.8 Å². The molecular weight excluding hydrogens is 124 g/mol. The Morgan fingerprint density at radius 1 is 1.20 bits per heavy atom. The Labute approximate surface area is 64.4 Å². The Morgan fingerprint density at radius 3 is 2.00 bits per heavy atom. The fourth-order valence-electron chi connectivity index (χ4n) is 0.762. The summed E-state index contributed by atoms with van der Waals surface area (Å²) in [6.45, 7) is 4.28. The van der Waals surface area contributed by atoms with Gasteiger partial charge in [0.25, 0.3) is 0 Å². The van der Waals surface area contributed by atoms with Gasteiger partial charge in [0.2, 0.25) is 0 Å². The van der Waals surface area contributed by atoms with Crippen LogP contribution in [0, 0.1) is 0 Å². The van der Waals surface area contributed by atoms with Gasteiger partial charge < -0.3 is 10.6 Å². The fraction of sp³-hybridized carbons (Fsp3) is 1.00. The van der Waals surface area contributed by atoms with Crippen molar-refractivity contribution in [1.82, 2.24) is 4.90 Å². The zero-order chi connectivity index (χ0) is 8.15. The molecule has 0 heterocycles. The van der Waals surface area contributed by atoms with Gasteiger partial charge >= 0.3 is 0 Å². The minimum atomic E-state index is 0.349. The highest BCUT2D eigenvalue weighted by atomic mass is 15.1. The molecule has 62 valence electrons. The minimum absolute atomic E-state index is 0.349. The third-order valence-electron chi connectivity index (χ3n) is 1.92.